The molecule has 0 aliphatic rings. The third kappa shape index (κ3) is 4.99. The summed E-state index contributed by atoms with van der Waals surface area (Å²) in [5, 5.41) is 8.68. The highest BCUT2D eigenvalue weighted by atomic mass is 16.5. The molecule has 170 valence electrons. The molecule has 1 aromatic carbocycles. The Morgan fingerprint density at radius 2 is 2.00 bits per heavy atom. The van der Waals surface area contributed by atoms with Gasteiger partial charge in [-0.2, -0.15) is 0 Å². The van der Waals surface area contributed by atoms with Crippen LogP contribution in [0.2, 0.25) is 0 Å². The number of allylic oxidation sites excluding steroid dienone is 1. The number of hydrogen-bond acceptors (Lipinski definition) is 7. The van der Waals surface area contributed by atoms with E-state index < -0.39 is 5.97 Å². The van der Waals surface area contributed by atoms with Crippen LogP contribution in [0.3, 0.4) is 0 Å². The molecule has 2 heterocycles. The number of aryl methyl sites for hydroxylation is 1. The number of ether oxygens (including phenoxy) is 2. The molecule has 0 fully saturated rings. The van der Waals surface area contributed by atoms with Crippen LogP contribution >= 0.6 is 0 Å². The van der Waals surface area contributed by atoms with Gasteiger partial charge in [-0.25, -0.2) is 4.79 Å². The van der Waals surface area contributed by atoms with Gasteiger partial charge in [-0.15, -0.1) is 0 Å². The molecule has 0 radical (unpaired) electrons. The van der Waals surface area contributed by atoms with Crippen molar-refractivity contribution in [1.29, 1.82) is 0 Å². The number of methoxy groups -OCH3 is 2. The lowest BCUT2D eigenvalue weighted by Crippen LogP contribution is -2.33. The van der Waals surface area contributed by atoms with Gasteiger partial charge in [0, 0.05) is 37.7 Å². The Kier molecular flexibility index (Phi) is 7.29. The van der Waals surface area contributed by atoms with Crippen LogP contribution in [0.25, 0.3) is 10.9 Å². The van der Waals surface area contributed by atoms with Gasteiger partial charge in [0.05, 0.1) is 19.7 Å². The SMILES string of the molecule is C=C(CC)CCC(=O)N(CCc1cn(C)c2cc(OC)ccc12)c1nnc(C(=O)OC)o1. The number of nitrogens with zero attached hydrogens (tertiary/aromatic N) is 4. The number of amides is 1. The number of benzene rings is 1. The Morgan fingerprint density at radius 1 is 1.22 bits per heavy atom. The van der Waals surface area contributed by atoms with Gasteiger partial charge in [0.1, 0.15) is 5.75 Å². The standard InChI is InChI=1S/C23H28N4O5/c1-6-15(2)7-10-20(28)27(23-25-24-21(32-23)22(29)31-5)12-11-16-14-26(3)19-13-17(30-4)8-9-18(16)19/h8-9,13-14H,2,6-7,10-12H2,1,3-5H3. The molecule has 0 spiro atoms. The van der Waals surface area contributed by atoms with Crippen molar-refractivity contribution in [3.05, 3.63) is 48.0 Å². The highest BCUT2D eigenvalue weighted by Crippen LogP contribution is 2.26. The van der Waals surface area contributed by atoms with Crippen LogP contribution in [0.1, 0.15) is 42.4 Å². The summed E-state index contributed by atoms with van der Waals surface area (Å²) in [4.78, 5) is 26.1. The zero-order valence-electron chi connectivity index (χ0n) is 18.9. The monoisotopic (exact) mass is 440 g/mol. The highest BCUT2D eigenvalue weighted by Gasteiger charge is 2.24. The molecule has 2 aromatic heterocycles. The summed E-state index contributed by atoms with van der Waals surface area (Å²) >= 11 is 0. The van der Waals surface area contributed by atoms with Gasteiger partial charge in [-0.3, -0.25) is 9.69 Å². The second-order valence-electron chi connectivity index (χ2n) is 7.43. The smallest absolute Gasteiger partial charge is 0.396 e. The van der Waals surface area contributed by atoms with Crippen LogP contribution in [-0.4, -0.2) is 47.4 Å². The minimum atomic E-state index is -0.751. The van der Waals surface area contributed by atoms with Gasteiger partial charge in [0.25, 0.3) is 0 Å². The normalized spacial score (nSPS) is 10.9. The van der Waals surface area contributed by atoms with Gasteiger partial charge in [0.2, 0.25) is 5.91 Å². The topological polar surface area (TPSA) is 99.7 Å². The first-order chi connectivity index (χ1) is 15.4. The van der Waals surface area contributed by atoms with E-state index in [0.29, 0.717) is 19.4 Å². The quantitative estimate of drug-likeness (QED) is 0.350. The van der Waals surface area contributed by atoms with Crippen LogP contribution in [-0.2, 0) is 23.0 Å². The molecule has 9 nitrogen and oxygen atoms in total. The molecular formula is C23H28N4O5. The third-order valence-electron chi connectivity index (χ3n) is 5.38. The Morgan fingerprint density at radius 3 is 2.69 bits per heavy atom. The number of hydrogen-bond donors (Lipinski definition) is 0. The van der Waals surface area contributed by atoms with Crippen molar-refractivity contribution in [2.45, 2.75) is 32.6 Å². The van der Waals surface area contributed by atoms with Crippen molar-refractivity contribution >= 4 is 28.8 Å². The molecule has 1 amide bonds. The molecule has 0 saturated carbocycles. The molecule has 0 bridgehead atoms. The summed E-state index contributed by atoms with van der Waals surface area (Å²) in [5.41, 5.74) is 3.08. The summed E-state index contributed by atoms with van der Waals surface area (Å²) < 4.78 is 17.4. The average Bonchev–Trinajstić information content (AvgIpc) is 3.42. The van der Waals surface area contributed by atoms with E-state index in [0.717, 1.165) is 34.2 Å². The maximum absolute atomic E-state index is 13.0. The third-order valence-corrected chi connectivity index (χ3v) is 5.38. The number of carbonyl (C=O) groups excluding carboxylic acids is 2. The fourth-order valence-corrected chi connectivity index (χ4v) is 3.42. The molecule has 0 aliphatic carbocycles. The first-order valence-electron chi connectivity index (χ1n) is 10.4. The number of anilines is 1. The number of fused-ring (bicyclic) bond motifs is 1. The number of aromatic nitrogens is 3. The second-order valence-corrected chi connectivity index (χ2v) is 7.43. The second kappa shape index (κ2) is 10.1. The molecule has 0 atom stereocenters. The first kappa shape index (κ1) is 23.1. The molecule has 0 unspecified atom stereocenters. The fourth-order valence-electron chi connectivity index (χ4n) is 3.42. The first-order valence-corrected chi connectivity index (χ1v) is 10.4. The molecular weight excluding hydrogens is 412 g/mol. The van der Waals surface area contributed by atoms with Crippen LogP contribution < -0.4 is 9.64 Å². The summed E-state index contributed by atoms with van der Waals surface area (Å²) in [6.45, 7) is 6.28. The molecule has 0 N–H and O–H groups in total. The average molecular weight is 441 g/mol. The Balaban J connectivity index is 1.84. The van der Waals surface area contributed by atoms with Crippen molar-refractivity contribution in [1.82, 2.24) is 14.8 Å². The molecule has 0 saturated heterocycles. The van der Waals surface area contributed by atoms with E-state index >= 15 is 0 Å². The van der Waals surface area contributed by atoms with E-state index in [4.69, 9.17) is 9.15 Å². The van der Waals surface area contributed by atoms with Crippen LogP contribution in [0, 0.1) is 0 Å². The van der Waals surface area contributed by atoms with Crippen molar-refractivity contribution in [2.24, 2.45) is 7.05 Å². The van der Waals surface area contributed by atoms with Gasteiger partial charge >= 0.3 is 17.9 Å². The van der Waals surface area contributed by atoms with Crippen LogP contribution in [0.4, 0.5) is 6.01 Å². The molecule has 3 aromatic rings. The van der Waals surface area contributed by atoms with E-state index in [1.807, 2.05) is 42.9 Å². The Labute approximate surface area is 186 Å². The number of rotatable bonds is 10. The molecule has 32 heavy (non-hydrogen) atoms. The van der Waals surface area contributed by atoms with E-state index in [1.165, 1.54) is 12.0 Å². The van der Waals surface area contributed by atoms with Crippen molar-refractivity contribution < 1.29 is 23.5 Å². The molecule has 0 aliphatic heterocycles. The molecule has 3 rings (SSSR count). The lowest BCUT2D eigenvalue weighted by Gasteiger charge is -2.18. The molecule has 9 heteroatoms. The highest BCUT2D eigenvalue weighted by molar-refractivity contribution is 5.92. The van der Waals surface area contributed by atoms with Crippen molar-refractivity contribution in [3.63, 3.8) is 0 Å². The summed E-state index contributed by atoms with van der Waals surface area (Å²) in [7, 11) is 4.82. The minimum absolute atomic E-state index is 0.0283. The van der Waals surface area contributed by atoms with E-state index in [9.17, 15) is 9.59 Å². The summed E-state index contributed by atoms with van der Waals surface area (Å²) in [6, 6.07) is 5.85. The lowest BCUT2D eigenvalue weighted by molar-refractivity contribution is -0.118. The van der Waals surface area contributed by atoms with Gasteiger partial charge in [0.15, 0.2) is 0 Å². The van der Waals surface area contributed by atoms with Gasteiger partial charge in [-0.05, 0) is 37.0 Å². The Hall–Kier alpha value is -3.62. The van der Waals surface area contributed by atoms with Gasteiger partial charge in [-0.1, -0.05) is 29.3 Å². The minimum Gasteiger partial charge on any atom is -0.497 e. The zero-order chi connectivity index (χ0) is 23.3. The van der Waals surface area contributed by atoms with Crippen molar-refractivity contribution in [2.75, 3.05) is 25.7 Å². The van der Waals surface area contributed by atoms with Crippen molar-refractivity contribution in [3.8, 4) is 5.75 Å². The Bertz CT molecular complexity index is 1130. The zero-order valence-corrected chi connectivity index (χ0v) is 18.9. The lowest BCUT2D eigenvalue weighted by atomic mass is 10.1. The summed E-state index contributed by atoms with van der Waals surface area (Å²) in [5.74, 6) is -0.449. The fraction of sp³-hybridized carbons (Fsp3) is 0.391. The summed E-state index contributed by atoms with van der Waals surface area (Å²) in [6.07, 6.45) is 4.21. The maximum Gasteiger partial charge on any atom is 0.396 e. The number of esters is 1. The van der Waals surface area contributed by atoms with E-state index in [-0.39, 0.29) is 24.2 Å². The van der Waals surface area contributed by atoms with E-state index in [2.05, 4.69) is 21.5 Å². The van der Waals surface area contributed by atoms with Crippen LogP contribution in [0.5, 0.6) is 5.75 Å². The van der Waals surface area contributed by atoms with E-state index in [1.54, 1.807) is 7.11 Å². The van der Waals surface area contributed by atoms with Gasteiger partial charge < -0.3 is 18.5 Å². The largest absolute Gasteiger partial charge is 0.497 e. The van der Waals surface area contributed by atoms with Crippen LogP contribution in [0.15, 0.2) is 41.0 Å². The predicted octanol–water partition coefficient (Wildman–Crippen LogP) is 3.68. The predicted molar refractivity (Wildman–Crippen MR) is 120 cm³/mol. The number of carbonyl (C=O) groups is 2. The maximum atomic E-state index is 13.0.